The van der Waals surface area contributed by atoms with Crippen molar-refractivity contribution in [2.75, 3.05) is 26.2 Å². The molecular weight excluding hydrogens is 489 g/mol. The molecule has 0 bridgehead atoms. The Bertz CT molecular complexity index is 643. The van der Waals surface area contributed by atoms with Crippen LogP contribution in [0.3, 0.4) is 0 Å². The lowest BCUT2D eigenvalue weighted by Gasteiger charge is -2.35. The van der Waals surface area contributed by atoms with E-state index in [4.69, 9.17) is 0 Å². The first-order valence-corrected chi connectivity index (χ1v) is 10.2. The monoisotopic (exact) mass is 524 g/mol. The van der Waals surface area contributed by atoms with E-state index in [1.54, 1.807) is 12.1 Å². The van der Waals surface area contributed by atoms with Crippen LogP contribution in [0.15, 0.2) is 23.2 Å². The maximum absolute atomic E-state index is 12.6. The van der Waals surface area contributed by atoms with Crippen molar-refractivity contribution in [3.63, 3.8) is 0 Å². The van der Waals surface area contributed by atoms with Crippen LogP contribution in [0.25, 0.3) is 0 Å². The van der Waals surface area contributed by atoms with Crippen LogP contribution in [-0.4, -0.2) is 49.7 Å². The van der Waals surface area contributed by atoms with Crippen molar-refractivity contribution in [1.82, 2.24) is 15.5 Å². The maximum atomic E-state index is 12.6. The van der Waals surface area contributed by atoms with Gasteiger partial charge in [0.05, 0.1) is 6.54 Å². The average molecular weight is 524 g/mol. The molecule has 29 heavy (non-hydrogen) atoms. The first-order chi connectivity index (χ1) is 13.4. The molecule has 1 atom stereocenters. The van der Waals surface area contributed by atoms with Crippen LogP contribution in [0.2, 0.25) is 0 Å². The molecule has 0 spiro atoms. The molecule has 1 aliphatic rings. The summed E-state index contributed by atoms with van der Waals surface area (Å²) < 4.78 is 29.9. The first kappa shape index (κ1) is 25.9. The van der Waals surface area contributed by atoms with Crippen LogP contribution in [0.1, 0.15) is 44.7 Å². The van der Waals surface area contributed by atoms with Gasteiger partial charge in [0.25, 0.3) is 0 Å². The predicted octanol–water partition coefficient (Wildman–Crippen LogP) is 4.39. The van der Waals surface area contributed by atoms with Gasteiger partial charge < -0.3 is 20.3 Å². The van der Waals surface area contributed by atoms with Crippen LogP contribution in [-0.2, 0) is 6.54 Å². The fourth-order valence-corrected chi connectivity index (χ4v) is 3.52. The minimum absolute atomic E-state index is 0. The normalized spacial score (nSPS) is 17.9. The van der Waals surface area contributed by atoms with Gasteiger partial charge in [-0.25, -0.2) is 4.99 Å². The third-order valence-electron chi connectivity index (χ3n) is 5.02. The summed E-state index contributed by atoms with van der Waals surface area (Å²) in [6, 6.07) is 5.75. The van der Waals surface area contributed by atoms with E-state index in [0.29, 0.717) is 23.5 Å². The summed E-state index contributed by atoms with van der Waals surface area (Å²) in [4.78, 5) is 7.10. The van der Waals surface area contributed by atoms with Crippen molar-refractivity contribution < 1.29 is 13.5 Å². The van der Waals surface area contributed by atoms with Gasteiger partial charge in [-0.3, -0.25) is 0 Å². The number of ether oxygens (including phenoxy) is 1. The van der Waals surface area contributed by atoms with Crippen molar-refractivity contribution in [2.45, 2.75) is 59.7 Å². The zero-order valence-electron chi connectivity index (χ0n) is 17.9. The number of rotatable bonds is 8. The molecule has 2 N–H and O–H groups in total. The van der Waals surface area contributed by atoms with E-state index in [-0.39, 0.29) is 36.3 Å². The van der Waals surface area contributed by atoms with Gasteiger partial charge in [0.2, 0.25) is 0 Å². The molecule has 1 aliphatic heterocycles. The number of piperidine rings is 1. The van der Waals surface area contributed by atoms with Gasteiger partial charge in [0, 0.05) is 31.2 Å². The lowest BCUT2D eigenvalue weighted by atomic mass is 9.97. The molecule has 1 aromatic rings. The van der Waals surface area contributed by atoms with Crippen LogP contribution in [0, 0.1) is 12.8 Å². The summed E-state index contributed by atoms with van der Waals surface area (Å²) in [7, 11) is 0. The second kappa shape index (κ2) is 13.2. The molecule has 1 aromatic carbocycles. The Balaban J connectivity index is 0.00000420. The van der Waals surface area contributed by atoms with Gasteiger partial charge in [-0.2, -0.15) is 8.78 Å². The summed E-state index contributed by atoms with van der Waals surface area (Å²) >= 11 is 0. The summed E-state index contributed by atoms with van der Waals surface area (Å²) in [6.45, 7) is 9.70. The summed E-state index contributed by atoms with van der Waals surface area (Å²) in [5, 5.41) is 6.66. The SMILES string of the molecule is CCNC(=NCc1cc(C)ccc1OC(F)F)NCC1CCCN(C(C)C)C1.I. The van der Waals surface area contributed by atoms with E-state index in [2.05, 4.69) is 39.1 Å². The van der Waals surface area contributed by atoms with Crippen LogP contribution in [0.5, 0.6) is 5.75 Å². The Kier molecular flexibility index (Phi) is 11.8. The molecule has 0 saturated carbocycles. The lowest BCUT2D eigenvalue weighted by Crippen LogP contribution is -2.46. The fourth-order valence-electron chi connectivity index (χ4n) is 3.52. The van der Waals surface area contributed by atoms with E-state index in [1.807, 2.05) is 19.9 Å². The number of halogens is 3. The number of nitrogens with zero attached hydrogens (tertiary/aromatic N) is 2. The number of hydrogen-bond acceptors (Lipinski definition) is 3. The predicted molar refractivity (Wildman–Crippen MR) is 125 cm³/mol. The Hall–Kier alpha value is -1.16. The number of aryl methyl sites for hydroxylation is 1. The van der Waals surface area contributed by atoms with Crippen molar-refractivity contribution in [1.29, 1.82) is 0 Å². The topological polar surface area (TPSA) is 48.9 Å². The Morgan fingerprint density at radius 3 is 2.72 bits per heavy atom. The Morgan fingerprint density at radius 2 is 2.07 bits per heavy atom. The zero-order chi connectivity index (χ0) is 20.5. The first-order valence-electron chi connectivity index (χ1n) is 10.2. The third-order valence-corrected chi connectivity index (χ3v) is 5.02. The van der Waals surface area contributed by atoms with Crippen LogP contribution >= 0.6 is 24.0 Å². The summed E-state index contributed by atoms with van der Waals surface area (Å²) in [5.41, 5.74) is 1.64. The summed E-state index contributed by atoms with van der Waals surface area (Å²) in [5.74, 6) is 1.46. The molecule has 0 aromatic heterocycles. The van der Waals surface area contributed by atoms with Crippen molar-refractivity contribution in [3.05, 3.63) is 29.3 Å². The van der Waals surface area contributed by atoms with Crippen LogP contribution in [0.4, 0.5) is 8.78 Å². The molecule has 1 fully saturated rings. The van der Waals surface area contributed by atoms with Crippen molar-refractivity contribution >= 4 is 29.9 Å². The quantitative estimate of drug-likeness (QED) is 0.301. The minimum atomic E-state index is -2.84. The van der Waals surface area contributed by atoms with E-state index < -0.39 is 6.61 Å². The number of nitrogens with one attached hydrogen (secondary N) is 2. The van der Waals surface area contributed by atoms with Crippen molar-refractivity contribution in [2.24, 2.45) is 10.9 Å². The van der Waals surface area contributed by atoms with Gasteiger partial charge in [-0.1, -0.05) is 17.7 Å². The molecule has 0 radical (unpaired) electrons. The number of likely N-dealkylation sites (tertiary alicyclic amines) is 1. The molecule has 1 saturated heterocycles. The molecule has 5 nitrogen and oxygen atoms in total. The number of hydrogen-bond donors (Lipinski definition) is 2. The molecular formula is C21H35F2IN4O. The average Bonchev–Trinajstić information content (AvgIpc) is 2.65. The zero-order valence-corrected chi connectivity index (χ0v) is 20.2. The fraction of sp³-hybridized carbons (Fsp3) is 0.667. The Morgan fingerprint density at radius 1 is 1.31 bits per heavy atom. The second-order valence-corrected chi connectivity index (χ2v) is 7.66. The van der Waals surface area contributed by atoms with Crippen LogP contribution < -0.4 is 15.4 Å². The van der Waals surface area contributed by atoms with Crippen molar-refractivity contribution in [3.8, 4) is 5.75 Å². The van der Waals surface area contributed by atoms with Gasteiger partial charge in [0.15, 0.2) is 5.96 Å². The highest BCUT2D eigenvalue weighted by Gasteiger charge is 2.21. The van der Waals surface area contributed by atoms with E-state index >= 15 is 0 Å². The smallest absolute Gasteiger partial charge is 0.387 e. The molecule has 0 amide bonds. The molecule has 1 heterocycles. The number of guanidine groups is 1. The van der Waals surface area contributed by atoms with E-state index in [1.165, 1.54) is 19.4 Å². The van der Waals surface area contributed by atoms with E-state index in [0.717, 1.165) is 25.2 Å². The molecule has 1 unspecified atom stereocenters. The highest BCUT2D eigenvalue weighted by atomic mass is 127. The largest absolute Gasteiger partial charge is 0.434 e. The van der Waals surface area contributed by atoms with E-state index in [9.17, 15) is 8.78 Å². The number of alkyl halides is 2. The molecule has 0 aliphatic carbocycles. The third kappa shape index (κ3) is 9.02. The highest BCUT2D eigenvalue weighted by molar-refractivity contribution is 14.0. The standard InChI is InChI=1S/C21H34F2N4O.HI/c1-5-24-21(25-12-17-7-6-10-27(14-17)15(2)3)26-13-18-11-16(4)8-9-19(18)28-20(22)23;/h8-9,11,15,17,20H,5-7,10,12-14H2,1-4H3,(H2,24,25,26);1H. The molecule has 8 heteroatoms. The van der Waals surface area contributed by atoms with Gasteiger partial charge in [-0.05, 0) is 59.1 Å². The number of benzene rings is 1. The summed E-state index contributed by atoms with van der Waals surface area (Å²) in [6.07, 6.45) is 2.43. The van der Waals surface area contributed by atoms with Gasteiger partial charge in [0.1, 0.15) is 5.75 Å². The number of aliphatic imine (C=N–C) groups is 1. The van der Waals surface area contributed by atoms with Gasteiger partial charge in [-0.15, -0.1) is 24.0 Å². The Labute approximate surface area is 190 Å². The lowest BCUT2D eigenvalue weighted by molar-refractivity contribution is -0.0504. The second-order valence-electron chi connectivity index (χ2n) is 7.66. The van der Waals surface area contributed by atoms with Gasteiger partial charge >= 0.3 is 6.61 Å². The molecule has 2 rings (SSSR count). The minimum Gasteiger partial charge on any atom is -0.434 e. The molecule has 166 valence electrons. The maximum Gasteiger partial charge on any atom is 0.387 e. The highest BCUT2D eigenvalue weighted by Crippen LogP contribution is 2.23.